The Morgan fingerprint density at radius 3 is 2.70 bits per heavy atom. The Kier molecular flexibility index (Phi) is 6.42. The summed E-state index contributed by atoms with van der Waals surface area (Å²) >= 11 is 0. The lowest BCUT2D eigenvalue weighted by atomic mass is 9.96. The molecule has 2 aliphatic rings. The zero-order chi connectivity index (χ0) is 16.8. The Morgan fingerprint density at radius 2 is 2.00 bits per heavy atom. The van der Waals surface area contributed by atoms with Crippen molar-refractivity contribution in [2.45, 2.75) is 46.0 Å². The fourth-order valence-electron chi connectivity index (χ4n) is 3.39. The van der Waals surface area contributed by atoms with E-state index in [1.165, 1.54) is 0 Å². The maximum atomic E-state index is 12.7. The van der Waals surface area contributed by atoms with Crippen molar-refractivity contribution in [2.24, 2.45) is 11.8 Å². The van der Waals surface area contributed by atoms with Gasteiger partial charge < -0.3 is 14.5 Å². The van der Waals surface area contributed by atoms with Crippen molar-refractivity contribution in [3.63, 3.8) is 0 Å². The van der Waals surface area contributed by atoms with Crippen molar-refractivity contribution in [2.75, 3.05) is 32.8 Å². The van der Waals surface area contributed by atoms with Gasteiger partial charge in [-0.15, -0.1) is 0 Å². The van der Waals surface area contributed by atoms with Gasteiger partial charge in [0.2, 0.25) is 11.8 Å². The number of amides is 2. The van der Waals surface area contributed by atoms with Gasteiger partial charge in [0.05, 0.1) is 18.4 Å². The molecule has 0 aliphatic carbocycles. The number of piperidine rings is 1. The fraction of sp³-hybridized carbons (Fsp3) is 0.824. The zero-order valence-corrected chi connectivity index (χ0v) is 14.3. The second-order valence-electron chi connectivity index (χ2n) is 6.47. The predicted octanol–water partition coefficient (Wildman–Crippen LogP) is 1.44. The molecule has 6 heteroatoms. The third-order valence-corrected chi connectivity index (χ3v) is 4.70. The standard InChI is InChI=1S/C17H28N2O4/c1-3-5-8-18-12-14(10-15(18)20)16(21)19-9-6-7-13(11-19)17(22)23-4-2/h13-14H,3-12H2,1-2H3. The molecule has 0 saturated carbocycles. The first-order valence-corrected chi connectivity index (χ1v) is 8.80. The second kappa shape index (κ2) is 8.31. The predicted molar refractivity (Wildman–Crippen MR) is 85.5 cm³/mol. The molecule has 2 fully saturated rings. The van der Waals surface area contributed by atoms with E-state index >= 15 is 0 Å². The Hall–Kier alpha value is -1.59. The largest absolute Gasteiger partial charge is 0.466 e. The summed E-state index contributed by atoms with van der Waals surface area (Å²) < 4.78 is 5.07. The minimum absolute atomic E-state index is 0.0198. The number of hydrogen-bond donors (Lipinski definition) is 0. The number of carbonyl (C=O) groups is 3. The summed E-state index contributed by atoms with van der Waals surface area (Å²) in [6, 6.07) is 0. The Labute approximate surface area is 138 Å². The van der Waals surface area contributed by atoms with Crippen LogP contribution >= 0.6 is 0 Å². The maximum absolute atomic E-state index is 12.7. The van der Waals surface area contributed by atoms with Gasteiger partial charge in [-0.2, -0.15) is 0 Å². The highest BCUT2D eigenvalue weighted by Crippen LogP contribution is 2.24. The van der Waals surface area contributed by atoms with Crippen LogP contribution < -0.4 is 0 Å². The summed E-state index contributed by atoms with van der Waals surface area (Å²) in [7, 11) is 0. The van der Waals surface area contributed by atoms with Gasteiger partial charge in [-0.05, 0) is 26.2 Å². The van der Waals surface area contributed by atoms with E-state index in [-0.39, 0.29) is 29.6 Å². The lowest BCUT2D eigenvalue weighted by Gasteiger charge is -2.33. The highest BCUT2D eigenvalue weighted by molar-refractivity contribution is 5.89. The number of carbonyl (C=O) groups excluding carboxylic acids is 3. The molecule has 2 aliphatic heterocycles. The van der Waals surface area contributed by atoms with Crippen molar-refractivity contribution in [1.82, 2.24) is 9.80 Å². The van der Waals surface area contributed by atoms with Crippen LogP contribution in [0.5, 0.6) is 0 Å². The summed E-state index contributed by atoms with van der Waals surface area (Å²) in [6.07, 6.45) is 3.91. The van der Waals surface area contributed by atoms with Gasteiger partial charge in [-0.3, -0.25) is 14.4 Å². The van der Waals surface area contributed by atoms with Crippen molar-refractivity contribution in [3.05, 3.63) is 0 Å². The van der Waals surface area contributed by atoms with Gasteiger partial charge in [0.15, 0.2) is 0 Å². The number of rotatable bonds is 6. The summed E-state index contributed by atoms with van der Waals surface area (Å²) in [4.78, 5) is 40.2. The molecular formula is C17H28N2O4. The van der Waals surface area contributed by atoms with Crippen LogP contribution in [0.15, 0.2) is 0 Å². The summed E-state index contributed by atoms with van der Waals surface area (Å²) in [5.74, 6) is -0.583. The van der Waals surface area contributed by atoms with Gasteiger partial charge in [0.1, 0.15) is 0 Å². The number of unbranched alkanes of at least 4 members (excludes halogenated alkanes) is 1. The topological polar surface area (TPSA) is 66.9 Å². The molecular weight excluding hydrogens is 296 g/mol. The summed E-state index contributed by atoms with van der Waals surface area (Å²) in [5, 5.41) is 0. The molecule has 2 unspecified atom stereocenters. The van der Waals surface area contributed by atoms with Crippen LogP contribution in [0.1, 0.15) is 46.0 Å². The second-order valence-corrected chi connectivity index (χ2v) is 6.47. The van der Waals surface area contributed by atoms with Crippen molar-refractivity contribution in [1.29, 1.82) is 0 Å². The van der Waals surface area contributed by atoms with Crippen molar-refractivity contribution in [3.8, 4) is 0 Å². The van der Waals surface area contributed by atoms with Gasteiger partial charge in [-0.25, -0.2) is 0 Å². The van der Waals surface area contributed by atoms with Crippen molar-refractivity contribution < 1.29 is 19.1 Å². The van der Waals surface area contributed by atoms with Crippen LogP contribution in [-0.2, 0) is 19.1 Å². The molecule has 0 aromatic rings. The SMILES string of the molecule is CCCCN1CC(C(=O)N2CCCC(C(=O)OCC)C2)CC1=O. The number of hydrogen-bond acceptors (Lipinski definition) is 4. The Balaban J connectivity index is 1.90. The fourth-order valence-corrected chi connectivity index (χ4v) is 3.39. The zero-order valence-electron chi connectivity index (χ0n) is 14.3. The van der Waals surface area contributed by atoms with Crippen LogP contribution in [0.4, 0.5) is 0 Å². The first kappa shape index (κ1) is 17.8. The molecule has 0 N–H and O–H groups in total. The number of ether oxygens (including phenoxy) is 1. The van der Waals surface area contributed by atoms with E-state index in [4.69, 9.17) is 4.74 Å². The molecule has 130 valence electrons. The molecule has 6 nitrogen and oxygen atoms in total. The normalized spacial score (nSPS) is 24.9. The Morgan fingerprint density at radius 1 is 1.22 bits per heavy atom. The number of likely N-dealkylation sites (tertiary alicyclic amines) is 2. The molecule has 0 aromatic carbocycles. The molecule has 0 bridgehead atoms. The number of esters is 1. The van der Waals surface area contributed by atoms with E-state index in [9.17, 15) is 14.4 Å². The van der Waals surface area contributed by atoms with E-state index in [1.807, 2.05) is 0 Å². The molecule has 2 rings (SSSR count). The minimum atomic E-state index is -0.250. The van der Waals surface area contributed by atoms with E-state index in [0.717, 1.165) is 32.2 Å². The van der Waals surface area contributed by atoms with E-state index in [1.54, 1.807) is 16.7 Å². The molecule has 2 heterocycles. The number of nitrogens with zero attached hydrogens (tertiary/aromatic N) is 2. The first-order chi connectivity index (χ1) is 11.1. The lowest BCUT2D eigenvalue weighted by Crippen LogP contribution is -2.45. The highest BCUT2D eigenvalue weighted by atomic mass is 16.5. The summed E-state index contributed by atoms with van der Waals surface area (Å²) in [5.41, 5.74) is 0. The van der Waals surface area contributed by atoms with Gasteiger partial charge >= 0.3 is 5.97 Å². The van der Waals surface area contributed by atoms with E-state index in [0.29, 0.717) is 32.7 Å². The van der Waals surface area contributed by atoms with Crippen molar-refractivity contribution >= 4 is 17.8 Å². The van der Waals surface area contributed by atoms with Gasteiger partial charge in [0, 0.05) is 32.6 Å². The third kappa shape index (κ3) is 4.45. The van der Waals surface area contributed by atoms with Crippen LogP contribution in [-0.4, -0.2) is 60.4 Å². The van der Waals surface area contributed by atoms with Gasteiger partial charge in [-0.1, -0.05) is 13.3 Å². The third-order valence-electron chi connectivity index (χ3n) is 4.70. The maximum Gasteiger partial charge on any atom is 0.310 e. The quantitative estimate of drug-likeness (QED) is 0.693. The van der Waals surface area contributed by atoms with Gasteiger partial charge in [0.25, 0.3) is 0 Å². The lowest BCUT2D eigenvalue weighted by molar-refractivity contribution is -0.152. The molecule has 2 atom stereocenters. The molecule has 2 amide bonds. The molecule has 2 saturated heterocycles. The highest BCUT2D eigenvalue weighted by Gasteiger charge is 2.38. The average Bonchev–Trinajstić information content (AvgIpc) is 2.93. The molecule has 23 heavy (non-hydrogen) atoms. The van der Waals surface area contributed by atoms with Crippen LogP contribution in [0.2, 0.25) is 0 Å². The average molecular weight is 324 g/mol. The monoisotopic (exact) mass is 324 g/mol. The smallest absolute Gasteiger partial charge is 0.310 e. The summed E-state index contributed by atoms with van der Waals surface area (Å²) in [6.45, 7) is 6.62. The molecule has 0 spiro atoms. The van der Waals surface area contributed by atoms with Crippen LogP contribution in [0.25, 0.3) is 0 Å². The molecule has 0 aromatic heterocycles. The first-order valence-electron chi connectivity index (χ1n) is 8.80. The van der Waals surface area contributed by atoms with Crippen LogP contribution in [0.3, 0.4) is 0 Å². The molecule has 0 radical (unpaired) electrons. The van der Waals surface area contributed by atoms with E-state index in [2.05, 4.69) is 6.92 Å². The van der Waals surface area contributed by atoms with E-state index < -0.39 is 0 Å². The Bertz CT molecular complexity index is 452. The van der Waals surface area contributed by atoms with Crippen LogP contribution in [0, 0.1) is 11.8 Å². The minimum Gasteiger partial charge on any atom is -0.466 e.